The number of carbonyl (C=O) groups excluding carboxylic acids is 2. The third-order valence-electron chi connectivity index (χ3n) is 2.91. The summed E-state index contributed by atoms with van der Waals surface area (Å²) in [6.45, 7) is 2.97. The molecule has 0 radical (unpaired) electrons. The van der Waals surface area contributed by atoms with Gasteiger partial charge in [-0.15, -0.1) is 0 Å². The number of carboxylic acids is 1. The molecule has 0 aromatic heterocycles. The number of rotatable bonds is 5. The van der Waals surface area contributed by atoms with Crippen molar-refractivity contribution in [2.75, 3.05) is 11.9 Å². The Hall–Kier alpha value is -2.50. The molecule has 6 heteroatoms. The number of nitrogens with zero attached hydrogens (tertiary/aromatic N) is 1. The van der Waals surface area contributed by atoms with E-state index in [0.717, 1.165) is 0 Å². The Labute approximate surface area is 116 Å². The molecule has 106 valence electrons. The van der Waals surface area contributed by atoms with E-state index in [0.29, 0.717) is 5.69 Å². The Morgan fingerprint density at radius 1 is 1.20 bits per heavy atom. The van der Waals surface area contributed by atoms with Crippen molar-refractivity contribution in [2.24, 2.45) is 0 Å². The number of carbonyl (C=O) groups is 3. The molecule has 0 aliphatic carbocycles. The van der Waals surface area contributed by atoms with E-state index >= 15 is 0 Å². The fourth-order valence-corrected chi connectivity index (χ4v) is 1.59. The van der Waals surface area contributed by atoms with Crippen LogP contribution in [0.2, 0.25) is 0 Å². The Morgan fingerprint density at radius 2 is 1.75 bits per heavy atom. The van der Waals surface area contributed by atoms with Gasteiger partial charge in [0.25, 0.3) is 0 Å². The minimum absolute atomic E-state index is 0.0701. The molecule has 0 saturated carbocycles. The van der Waals surface area contributed by atoms with Crippen molar-refractivity contribution in [1.29, 1.82) is 5.41 Å². The van der Waals surface area contributed by atoms with Crippen molar-refractivity contribution in [3.05, 3.63) is 29.3 Å². The van der Waals surface area contributed by atoms with E-state index in [2.05, 4.69) is 0 Å². The molecule has 1 rings (SSSR count). The topological polar surface area (TPSA) is 98.5 Å². The van der Waals surface area contributed by atoms with Gasteiger partial charge < -0.3 is 10.0 Å². The van der Waals surface area contributed by atoms with Crippen LogP contribution in [-0.4, -0.2) is 35.5 Å². The second kappa shape index (κ2) is 6.10. The number of hydrogen-bond donors (Lipinski definition) is 2. The first-order chi connectivity index (χ1) is 9.27. The van der Waals surface area contributed by atoms with E-state index in [1.165, 1.54) is 37.1 Å². The summed E-state index contributed by atoms with van der Waals surface area (Å²) in [6, 6.07) is 4.05. The molecular formula is C14H16N2O4. The lowest BCUT2D eigenvalue weighted by Crippen LogP contribution is -2.24. The third kappa shape index (κ3) is 3.28. The lowest BCUT2D eigenvalue weighted by atomic mass is 10.0. The highest BCUT2D eigenvalue weighted by Crippen LogP contribution is 2.20. The van der Waals surface area contributed by atoms with Crippen LogP contribution in [0.1, 0.15) is 36.2 Å². The molecule has 2 N–H and O–H groups in total. The normalized spacial score (nSPS) is 9.95. The molecule has 0 aliphatic rings. The van der Waals surface area contributed by atoms with Crippen molar-refractivity contribution in [3.8, 4) is 0 Å². The SMILES string of the molecule is CCC(=O)C(=N)c1cc(C(=O)O)cc(N(C)C(C)=O)c1. The number of carboxylic acid groups (broad SMARTS) is 1. The van der Waals surface area contributed by atoms with Gasteiger partial charge in [0.05, 0.1) is 5.56 Å². The van der Waals surface area contributed by atoms with Crippen molar-refractivity contribution < 1.29 is 19.5 Å². The van der Waals surface area contributed by atoms with E-state index < -0.39 is 5.97 Å². The summed E-state index contributed by atoms with van der Waals surface area (Å²) in [4.78, 5) is 35.3. The molecule has 0 aliphatic heterocycles. The summed E-state index contributed by atoms with van der Waals surface area (Å²) in [6.07, 6.45) is 0.161. The van der Waals surface area contributed by atoms with E-state index in [1.807, 2.05) is 0 Å². The van der Waals surface area contributed by atoms with Gasteiger partial charge in [-0.05, 0) is 18.2 Å². The van der Waals surface area contributed by atoms with Crippen LogP contribution in [0.25, 0.3) is 0 Å². The van der Waals surface area contributed by atoms with Crippen LogP contribution in [0.5, 0.6) is 0 Å². The van der Waals surface area contributed by atoms with Crippen LogP contribution in [-0.2, 0) is 9.59 Å². The summed E-state index contributed by atoms with van der Waals surface area (Å²) in [5, 5.41) is 16.8. The highest BCUT2D eigenvalue weighted by atomic mass is 16.4. The summed E-state index contributed by atoms with van der Waals surface area (Å²) < 4.78 is 0. The van der Waals surface area contributed by atoms with E-state index in [4.69, 9.17) is 10.5 Å². The van der Waals surface area contributed by atoms with Crippen molar-refractivity contribution >= 4 is 29.1 Å². The smallest absolute Gasteiger partial charge is 0.335 e. The van der Waals surface area contributed by atoms with Crippen LogP contribution < -0.4 is 4.90 Å². The summed E-state index contributed by atoms with van der Waals surface area (Å²) in [5.74, 6) is -1.84. The highest BCUT2D eigenvalue weighted by molar-refractivity contribution is 6.45. The number of hydrogen-bond acceptors (Lipinski definition) is 4. The van der Waals surface area contributed by atoms with Gasteiger partial charge in [0, 0.05) is 31.6 Å². The largest absolute Gasteiger partial charge is 0.478 e. The highest BCUT2D eigenvalue weighted by Gasteiger charge is 2.16. The molecule has 1 amide bonds. The maximum absolute atomic E-state index is 11.6. The number of amides is 1. The molecule has 0 spiro atoms. The predicted octanol–water partition coefficient (Wildman–Crippen LogP) is 1.71. The van der Waals surface area contributed by atoms with Gasteiger partial charge in [-0.3, -0.25) is 15.0 Å². The first kappa shape index (κ1) is 15.6. The zero-order chi connectivity index (χ0) is 15.4. The second-order valence-corrected chi connectivity index (χ2v) is 4.30. The zero-order valence-corrected chi connectivity index (χ0v) is 11.6. The Balaban J connectivity index is 3.38. The second-order valence-electron chi connectivity index (χ2n) is 4.30. The van der Waals surface area contributed by atoms with Crippen LogP contribution in [0.3, 0.4) is 0 Å². The lowest BCUT2D eigenvalue weighted by Gasteiger charge is -2.17. The van der Waals surface area contributed by atoms with E-state index in [1.54, 1.807) is 6.92 Å². The maximum Gasteiger partial charge on any atom is 0.335 e. The average molecular weight is 276 g/mol. The van der Waals surface area contributed by atoms with Gasteiger partial charge in [-0.25, -0.2) is 4.79 Å². The lowest BCUT2D eigenvalue weighted by molar-refractivity contribution is -0.116. The summed E-state index contributed by atoms with van der Waals surface area (Å²) in [7, 11) is 1.50. The van der Waals surface area contributed by atoms with Gasteiger partial charge in [0.1, 0.15) is 5.71 Å². The quantitative estimate of drug-likeness (QED) is 0.800. The molecule has 20 heavy (non-hydrogen) atoms. The minimum atomic E-state index is -1.18. The van der Waals surface area contributed by atoms with Crippen molar-refractivity contribution in [1.82, 2.24) is 0 Å². The molecule has 1 aromatic carbocycles. The number of nitrogens with one attached hydrogen (secondary N) is 1. The maximum atomic E-state index is 11.6. The monoisotopic (exact) mass is 276 g/mol. The summed E-state index contributed by atoms with van der Waals surface area (Å²) in [5.41, 5.74) is 0.203. The van der Waals surface area contributed by atoms with Crippen LogP contribution in [0, 0.1) is 5.41 Å². The van der Waals surface area contributed by atoms with Gasteiger partial charge in [0.15, 0.2) is 5.78 Å². The average Bonchev–Trinajstić information content (AvgIpc) is 2.43. The standard InChI is InChI=1S/C14H16N2O4/c1-4-12(18)13(15)9-5-10(14(19)20)7-11(6-9)16(3)8(2)17/h5-7,15H,4H2,1-3H3,(H,19,20). The van der Waals surface area contributed by atoms with Crippen LogP contribution in [0.15, 0.2) is 18.2 Å². The zero-order valence-electron chi connectivity index (χ0n) is 11.6. The molecule has 0 heterocycles. The Bertz CT molecular complexity index is 593. The van der Waals surface area contributed by atoms with Gasteiger partial charge in [0.2, 0.25) is 5.91 Å². The van der Waals surface area contributed by atoms with Crippen molar-refractivity contribution in [2.45, 2.75) is 20.3 Å². The number of ketones is 1. The third-order valence-corrected chi connectivity index (χ3v) is 2.91. The van der Waals surface area contributed by atoms with Gasteiger partial charge >= 0.3 is 5.97 Å². The van der Waals surface area contributed by atoms with Crippen LogP contribution >= 0.6 is 0 Å². The Morgan fingerprint density at radius 3 is 2.20 bits per heavy atom. The fraction of sp³-hybridized carbons (Fsp3) is 0.286. The first-order valence-corrected chi connectivity index (χ1v) is 6.02. The molecule has 0 saturated heterocycles. The summed E-state index contributed by atoms with van der Waals surface area (Å²) >= 11 is 0. The van der Waals surface area contributed by atoms with Crippen molar-refractivity contribution in [3.63, 3.8) is 0 Å². The molecule has 0 atom stereocenters. The molecule has 0 unspecified atom stereocenters. The van der Waals surface area contributed by atoms with Crippen LogP contribution in [0.4, 0.5) is 5.69 Å². The van der Waals surface area contributed by atoms with E-state index in [-0.39, 0.29) is 34.9 Å². The number of benzene rings is 1. The minimum Gasteiger partial charge on any atom is -0.478 e. The number of Topliss-reactive ketones (excluding diaryl/α,β-unsaturated/α-hetero) is 1. The molecule has 0 fully saturated rings. The first-order valence-electron chi connectivity index (χ1n) is 6.02. The molecular weight excluding hydrogens is 260 g/mol. The number of aromatic carboxylic acids is 1. The Kier molecular flexibility index (Phi) is 4.74. The fourth-order valence-electron chi connectivity index (χ4n) is 1.59. The van der Waals surface area contributed by atoms with E-state index in [9.17, 15) is 14.4 Å². The van der Waals surface area contributed by atoms with Gasteiger partial charge in [-0.2, -0.15) is 0 Å². The predicted molar refractivity (Wildman–Crippen MR) is 74.6 cm³/mol. The molecule has 1 aromatic rings. The number of anilines is 1. The molecule has 0 bridgehead atoms. The van der Waals surface area contributed by atoms with Gasteiger partial charge in [-0.1, -0.05) is 6.92 Å². The molecule has 6 nitrogen and oxygen atoms in total.